The van der Waals surface area contributed by atoms with Crippen molar-refractivity contribution in [3.63, 3.8) is 0 Å². The number of nitrogens with one attached hydrogen (secondary N) is 1. The van der Waals surface area contributed by atoms with E-state index in [0.717, 1.165) is 24.3 Å². The highest BCUT2D eigenvalue weighted by molar-refractivity contribution is 7.99. The molecule has 0 saturated carbocycles. The first-order valence-corrected chi connectivity index (χ1v) is 7.17. The Kier molecular flexibility index (Phi) is 5.25. The van der Waals surface area contributed by atoms with Gasteiger partial charge in [0.05, 0.1) is 5.56 Å². The lowest BCUT2D eigenvalue weighted by atomic mass is 10.1. The van der Waals surface area contributed by atoms with E-state index >= 15 is 0 Å². The van der Waals surface area contributed by atoms with Gasteiger partial charge in [0.2, 0.25) is 0 Å². The third kappa shape index (κ3) is 4.95. The van der Waals surface area contributed by atoms with Gasteiger partial charge in [0.1, 0.15) is 0 Å². The summed E-state index contributed by atoms with van der Waals surface area (Å²) in [5, 5.41) is 2.48. The number of hydrogen-bond donors (Lipinski definition) is 1. The Bertz CT molecular complexity index is 668. The second kappa shape index (κ2) is 6.99. The standard InChI is InChI=1S/C15H10F5NOS/c16-14(17)23-12-7-5-11(6-8-12)21-13(22)9-1-3-10(4-2-9)15(18,19)20/h1-8,14H,(H,21,22). The van der Waals surface area contributed by atoms with Crippen LogP contribution in [0.2, 0.25) is 0 Å². The number of halogens is 5. The Morgan fingerprint density at radius 1 is 0.957 bits per heavy atom. The quantitative estimate of drug-likeness (QED) is 0.603. The minimum absolute atomic E-state index is 0.0593. The van der Waals surface area contributed by atoms with Crippen molar-refractivity contribution in [3.05, 3.63) is 59.7 Å². The normalized spacial score (nSPS) is 11.6. The minimum Gasteiger partial charge on any atom is -0.322 e. The molecule has 2 aromatic rings. The number of alkyl halides is 5. The summed E-state index contributed by atoms with van der Waals surface area (Å²) in [6.45, 7) is 0. The fourth-order valence-electron chi connectivity index (χ4n) is 1.73. The third-order valence-electron chi connectivity index (χ3n) is 2.81. The summed E-state index contributed by atoms with van der Waals surface area (Å²) in [5.41, 5.74) is -0.431. The molecule has 0 bridgehead atoms. The summed E-state index contributed by atoms with van der Waals surface area (Å²) in [6.07, 6.45) is -4.47. The monoisotopic (exact) mass is 347 g/mol. The lowest BCUT2D eigenvalue weighted by molar-refractivity contribution is -0.137. The third-order valence-corrected chi connectivity index (χ3v) is 3.53. The molecule has 0 aromatic heterocycles. The number of benzene rings is 2. The molecule has 2 rings (SSSR count). The summed E-state index contributed by atoms with van der Waals surface area (Å²) in [6, 6.07) is 9.48. The summed E-state index contributed by atoms with van der Waals surface area (Å²) in [7, 11) is 0. The molecular weight excluding hydrogens is 337 g/mol. The van der Waals surface area contributed by atoms with Crippen LogP contribution in [0.1, 0.15) is 15.9 Å². The predicted molar refractivity (Wildman–Crippen MR) is 77.7 cm³/mol. The minimum atomic E-state index is -4.47. The van der Waals surface area contributed by atoms with Crippen LogP contribution in [0.3, 0.4) is 0 Å². The largest absolute Gasteiger partial charge is 0.416 e. The molecule has 0 unspecified atom stereocenters. The van der Waals surface area contributed by atoms with Gasteiger partial charge in [-0.15, -0.1) is 0 Å². The van der Waals surface area contributed by atoms with E-state index in [1.807, 2.05) is 0 Å². The second-order valence-corrected chi connectivity index (χ2v) is 5.50. The molecule has 23 heavy (non-hydrogen) atoms. The zero-order chi connectivity index (χ0) is 17.0. The molecule has 8 heteroatoms. The first kappa shape index (κ1) is 17.3. The number of carbonyl (C=O) groups excluding carboxylic acids is 1. The molecule has 2 nitrogen and oxygen atoms in total. The van der Waals surface area contributed by atoms with Crippen molar-refractivity contribution in [1.82, 2.24) is 0 Å². The van der Waals surface area contributed by atoms with E-state index in [9.17, 15) is 26.7 Å². The fraction of sp³-hybridized carbons (Fsp3) is 0.133. The van der Waals surface area contributed by atoms with E-state index in [-0.39, 0.29) is 5.56 Å². The number of carbonyl (C=O) groups is 1. The highest BCUT2D eigenvalue weighted by Gasteiger charge is 2.30. The van der Waals surface area contributed by atoms with E-state index in [2.05, 4.69) is 5.32 Å². The number of rotatable bonds is 4. The van der Waals surface area contributed by atoms with Crippen molar-refractivity contribution in [1.29, 1.82) is 0 Å². The number of hydrogen-bond acceptors (Lipinski definition) is 2. The van der Waals surface area contributed by atoms with Gasteiger partial charge in [0, 0.05) is 16.1 Å². The summed E-state index contributed by atoms with van der Waals surface area (Å²) < 4.78 is 61.7. The summed E-state index contributed by atoms with van der Waals surface area (Å²) >= 11 is 0.374. The maximum atomic E-state index is 12.4. The van der Waals surface area contributed by atoms with Gasteiger partial charge in [-0.05, 0) is 48.5 Å². The van der Waals surface area contributed by atoms with Crippen LogP contribution in [-0.2, 0) is 6.18 Å². The van der Waals surface area contributed by atoms with Crippen molar-refractivity contribution in [2.75, 3.05) is 5.32 Å². The second-order valence-electron chi connectivity index (χ2n) is 4.43. The van der Waals surface area contributed by atoms with Gasteiger partial charge < -0.3 is 5.32 Å². The van der Waals surface area contributed by atoms with Crippen LogP contribution in [0.15, 0.2) is 53.4 Å². The Labute approximate surface area is 132 Å². The molecule has 122 valence electrons. The molecule has 0 aliphatic rings. The average molecular weight is 347 g/mol. The Morgan fingerprint density at radius 3 is 2.00 bits per heavy atom. The average Bonchev–Trinajstić information content (AvgIpc) is 2.48. The van der Waals surface area contributed by atoms with Crippen LogP contribution in [0.5, 0.6) is 0 Å². The van der Waals surface area contributed by atoms with E-state index in [0.29, 0.717) is 22.3 Å². The molecule has 1 amide bonds. The SMILES string of the molecule is O=C(Nc1ccc(SC(F)F)cc1)c1ccc(C(F)(F)F)cc1. The van der Waals surface area contributed by atoms with Gasteiger partial charge in [-0.1, -0.05) is 11.8 Å². The van der Waals surface area contributed by atoms with Crippen molar-refractivity contribution in [2.24, 2.45) is 0 Å². The molecule has 0 fully saturated rings. The van der Waals surface area contributed by atoms with Crippen LogP contribution in [0.4, 0.5) is 27.6 Å². The predicted octanol–water partition coefficient (Wildman–Crippen LogP) is 5.27. The molecule has 0 aliphatic carbocycles. The van der Waals surface area contributed by atoms with Gasteiger partial charge >= 0.3 is 6.18 Å². The van der Waals surface area contributed by atoms with Crippen LogP contribution in [0, 0.1) is 0 Å². The van der Waals surface area contributed by atoms with Gasteiger partial charge in [0.25, 0.3) is 11.7 Å². The lowest BCUT2D eigenvalue weighted by Gasteiger charge is -2.09. The first-order valence-electron chi connectivity index (χ1n) is 6.29. The maximum Gasteiger partial charge on any atom is 0.416 e. The maximum absolute atomic E-state index is 12.4. The van der Waals surface area contributed by atoms with Gasteiger partial charge in [-0.2, -0.15) is 22.0 Å². The molecule has 0 spiro atoms. The zero-order valence-corrected chi connectivity index (χ0v) is 12.2. The van der Waals surface area contributed by atoms with Crippen LogP contribution in [0.25, 0.3) is 0 Å². The zero-order valence-electron chi connectivity index (χ0n) is 11.4. The smallest absolute Gasteiger partial charge is 0.322 e. The van der Waals surface area contributed by atoms with Crippen molar-refractivity contribution < 1.29 is 26.7 Å². The van der Waals surface area contributed by atoms with Crippen LogP contribution < -0.4 is 5.32 Å². The molecule has 0 atom stereocenters. The molecule has 0 aliphatic heterocycles. The van der Waals surface area contributed by atoms with Crippen molar-refractivity contribution in [3.8, 4) is 0 Å². The highest BCUT2D eigenvalue weighted by atomic mass is 32.2. The van der Waals surface area contributed by atoms with E-state index in [1.165, 1.54) is 24.3 Å². The topological polar surface area (TPSA) is 29.1 Å². The first-order chi connectivity index (χ1) is 10.8. The van der Waals surface area contributed by atoms with Crippen molar-refractivity contribution in [2.45, 2.75) is 16.8 Å². The van der Waals surface area contributed by atoms with Crippen LogP contribution >= 0.6 is 11.8 Å². The molecule has 0 heterocycles. The number of anilines is 1. The van der Waals surface area contributed by atoms with Gasteiger partial charge in [-0.25, -0.2) is 0 Å². The Hall–Kier alpha value is -2.09. The highest BCUT2D eigenvalue weighted by Crippen LogP contribution is 2.29. The number of amides is 1. The molecule has 1 N–H and O–H groups in total. The molecule has 0 radical (unpaired) electrons. The van der Waals surface area contributed by atoms with Crippen molar-refractivity contribution >= 4 is 23.4 Å². The molecular formula is C15H10F5NOS. The van der Waals surface area contributed by atoms with E-state index in [4.69, 9.17) is 0 Å². The Morgan fingerprint density at radius 2 is 1.52 bits per heavy atom. The summed E-state index contributed by atoms with van der Waals surface area (Å²) in [4.78, 5) is 12.3. The van der Waals surface area contributed by atoms with E-state index in [1.54, 1.807) is 0 Å². The molecule has 2 aromatic carbocycles. The van der Waals surface area contributed by atoms with Crippen LogP contribution in [-0.4, -0.2) is 11.7 Å². The van der Waals surface area contributed by atoms with E-state index < -0.39 is 23.4 Å². The van der Waals surface area contributed by atoms with Gasteiger partial charge in [0.15, 0.2) is 0 Å². The Balaban J connectivity index is 2.04. The summed E-state index contributed by atoms with van der Waals surface area (Å²) in [5.74, 6) is -3.13. The lowest BCUT2D eigenvalue weighted by Crippen LogP contribution is -2.12. The van der Waals surface area contributed by atoms with Gasteiger partial charge in [-0.3, -0.25) is 4.79 Å². The molecule has 0 saturated heterocycles. The number of thioether (sulfide) groups is 1. The fourth-order valence-corrected chi connectivity index (χ4v) is 2.23.